The van der Waals surface area contributed by atoms with Gasteiger partial charge in [0.15, 0.2) is 0 Å². The Bertz CT molecular complexity index is 508. The quantitative estimate of drug-likeness (QED) is 0.896. The summed E-state index contributed by atoms with van der Waals surface area (Å²) in [5.41, 5.74) is 4.79. The van der Waals surface area contributed by atoms with E-state index in [-0.39, 0.29) is 0 Å². The van der Waals surface area contributed by atoms with Gasteiger partial charge in [0.2, 0.25) is 0 Å². The van der Waals surface area contributed by atoms with Gasteiger partial charge in [-0.2, -0.15) is 0 Å². The lowest BCUT2D eigenvalue weighted by Gasteiger charge is -2.10. The van der Waals surface area contributed by atoms with Crippen LogP contribution in [0.15, 0.2) is 33.4 Å². The summed E-state index contributed by atoms with van der Waals surface area (Å²) in [6, 6.07) is 6.25. The largest absolute Gasteiger partial charge is 0.467 e. The molecule has 0 aliphatic carbocycles. The van der Waals surface area contributed by atoms with Crippen molar-refractivity contribution in [1.29, 1.82) is 0 Å². The summed E-state index contributed by atoms with van der Waals surface area (Å²) in [6.07, 6.45) is 1.73. The highest BCUT2D eigenvalue weighted by molar-refractivity contribution is 9.10. The van der Waals surface area contributed by atoms with Crippen LogP contribution < -0.4 is 5.32 Å². The first kappa shape index (κ1) is 12.2. The molecular weight excluding hydrogens is 278 g/mol. The molecule has 1 aromatic heterocycles. The Kier molecular flexibility index (Phi) is 3.57. The molecule has 0 atom stereocenters. The van der Waals surface area contributed by atoms with Crippen LogP contribution in [0, 0.1) is 20.8 Å². The molecule has 1 aromatic carbocycles. The molecule has 0 bridgehead atoms. The summed E-state index contributed by atoms with van der Waals surface area (Å²) in [5.74, 6) is 0.989. The van der Waals surface area contributed by atoms with E-state index in [9.17, 15) is 0 Å². The van der Waals surface area contributed by atoms with Crippen molar-refractivity contribution in [3.63, 3.8) is 0 Å². The maximum Gasteiger partial charge on any atom is 0.125 e. The SMILES string of the molecule is Cc1ccoc1CNc1cc(C)c(Br)c(C)c1. The number of furan rings is 1. The second kappa shape index (κ2) is 4.96. The molecule has 90 valence electrons. The Hall–Kier alpha value is -1.22. The van der Waals surface area contributed by atoms with E-state index in [4.69, 9.17) is 4.42 Å². The molecule has 2 nitrogen and oxygen atoms in total. The van der Waals surface area contributed by atoms with E-state index in [1.54, 1.807) is 6.26 Å². The zero-order valence-electron chi connectivity index (χ0n) is 10.3. The summed E-state index contributed by atoms with van der Waals surface area (Å²) in [5, 5.41) is 3.38. The first-order valence-electron chi connectivity index (χ1n) is 5.61. The highest BCUT2D eigenvalue weighted by atomic mass is 79.9. The van der Waals surface area contributed by atoms with Gasteiger partial charge in [-0.05, 0) is 55.7 Å². The van der Waals surface area contributed by atoms with Gasteiger partial charge in [0.1, 0.15) is 5.76 Å². The van der Waals surface area contributed by atoms with Gasteiger partial charge in [0, 0.05) is 10.2 Å². The van der Waals surface area contributed by atoms with E-state index < -0.39 is 0 Å². The van der Waals surface area contributed by atoms with Gasteiger partial charge in [0.05, 0.1) is 12.8 Å². The molecule has 0 saturated carbocycles. The summed E-state index contributed by atoms with van der Waals surface area (Å²) in [6.45, 7) is 6.97. The van der Waals surface area contributed by atoms with Gasteiger partial charge >= 0.3 is 0 Å². The predicted octanol–water partition coefficient (Wildman–Crippen LogP) is 4.58. The number of rotatable bonds is 3. The van der Waals surface area contributed by atoms with E-state index in [1.165, 1.54) is 21.2 Å². The molecule has 0 aliphatic rings. The lowest BCUT2D eigenvalue weighted by molar-refractivity contribution is 0.515. The Morgan fingerprint density at radius 1 is 1.12 bits per heavy atom. The lowest BCUT2D eigenvalue weighted by Crippen LogP contribution is -2.00. The molecule has 0 radical (unpaired) electrons. The fourth-order valence-corrected chi connectivity index (χ4v) is 2.04. The molecule has 0 unspecified atom stereocenters. The van der Waals surface area contributed by atoms with Crippen molar-refractivity contribution in [1.82, 2.24) is 0 Å². The minimum absolute atomic E-state index is 0.722. The number of halogens is 1. The Morgan fingerprint density at radius 2 is 1.76 bits per heavy atom. The van der Waals surface area contributed by atoms with Gasteiger partial charge < -0.3 is 9.73 Å². The zero-order valence-corrected chi connectivity index (χ0v) is 11.9. The van der Waals surface area contributed by atoms with Crippen LogP contribution in [0.3, 0.4) is 0 Å². The van der Waals surface area contributed by atoms with Crippen molar-refractivity contribution >= 4 is 21.6 Å². The zero-order chi connectivity index (χ0) is 12.4. The third kappa shape index (κ3) is 2.72. The minimum atomic E-state index is 0.722. The molecule has 0 aliphatic heterocycles. The molecular formula is C14H16BrNO. The van der Waals surface area contributed by atoms with Gasteiger partial charge in [-0.25, -0.2) is 0 Å². The molecule has 3 heteroatoms. The maximum absolute atomic E-state index is 5.40. The highest BCUT2D eigenvalue weighted by Crippen LogP contribution is 2.25. The second-order valence-corrected chi connectivity index (χ2v) is 5.10. The normalized spacial score (nSPS) is 10.6. The molecule has 0 spiro atoms. The van der Waals surface area contributed by atoms with Crippen LogP contribution in [0.5, 0.6) is 0 Å². The van der Waals surface area contributed by atoms with Gasteiger partial charge in [0.25, 0.3) is 0 Å². The maximum atomic E-state index is 5.40. The fourth-order valence-electron chi connectivity index (χ4n) is 1.82. The fraction of sp³-hybridized carbons (Fsp3) is 0.286. The number of anilines is 1. The Labute approximate surface area is 110 Å². The summed E-state index contributed by atoms with van der Waals surface area (Å²) >= 11 is 3.57. The molecule has 0 fully saturated rings. The smallest absolute Gasteiger partial charge is 0.125 e. The lowest BCUT2D eigenvalue weighted by atomic mass is 10.1. The minimum Gasteiger partial charge on any atom is -0.467 e. The Morgan fingerprint density at radius 3 is 2.29 bits per heavy atom. The molecule has 1 heterocycles. The van der Waals surface area contributed by atoms with Crippen LogP contribution in [0.25, 0.3) is 0 Å². The number of aryl methyl sites for hydroxylation is 3. The van der Waals surface area contributed by atoms with Crippen LogP contribution in [0.2, 0.25) is 0 Å². The summed E-state index contributed by atoms with van der Waals surface area (Å²) in [7, 11) is 0. The number of hydrogen-bond acceptors (Lipinski definition) is 2. The van der Waals surface area contributed by atoms with Gasteiger partial charge in [-0.1, -0.05) is 15.9 Å². The van der Waals surface area contributed by atoms with Crippen LogP contribution in [0.1, 0.15) is 22.5 Å². The van der Waals surface area contributed by atoms with Crippen molar-refractivity contribution < 1.29 is 4.42 Å². The monoisotopic (exact) mass is 293 g/mol. The van der Waals surface area contributed by atoms with Crippen LogP contribution in [-0.2, 0) is 6.54 Å². The molecule has 1 N–H and O–H groups in total. The average Bonchev–Trinajstić information content (AvgIpc) is 2.69. The van der Waals surface area contributed by atoms with Crippen molar-refractivity contribution in [2.24, 2.45) is 0 Å². The average molecular weight is 294 g/mol. The third-order valence-electron chi connectivity index (χ3n) is 2.86. The van der Waals surface area contributed by atoms with Crippen molar-refractivity contribution in [3.05, 3.63) is 51.4 Å². The van der Waals surface area contributed by atoms with E-state index in [0.29, 0.717) is 0 Å². The summed E-state index contributed by atoms with van der Waals surface area (Å²) < 4.78 is 6.58. The van der Waals surface area contributed by atoms with Crippen LogP contribution in [0.4, 0.5) is 5.69 Å². The van der Waals surface area contributed by atoms with E-state index >= 15 is 0 Å². The first-order chi connectivity index (χ1) is 8.08. The molecule has 2 rings (SSSR count). The van der Waals surface area contributed by atoms with Crippen LogP contribution in [-0.4, -0.2) is 0 Å². The molecule has 0 amide bonds. The molecule has 0 saturated heterocycles. The molecule has 2 aromatic rings. The number of hydrogen-bond donors (Lipinski definition) is 1. The topological polar surface area (TPSA) is 25.2 Å². The Balaban J connectivity index is 2.12. The van der Waals surface area contributed by atoms with Crippen molar-refractivity contribution in [2.45, 2.75) is 27.3 Å². The van der Waals surface area contributed by atoms with E-state index in [1.807, 2.05) is 6.07 Å². The van der Waals surface area contributed by atoms with Crippen molar-refractivity contribution in [2.75, 3.05) is 5.32 Å². The van der Waals surface area contributed by atoms with E-state index in [2.05, 4.69) is 54.2 Å². The summed E-state index contributed by atoms with van der Waals surface area (Å²) in [4.78, 5) is 0. The van der Waals surface area contributed by atoms with Gasteiger partial charge in [-0.15, -0.1) is 0 Å². The first-order valence-corrected chi connectivity index (χ1v) is 6.41. The number of nitrogens with one attached hydrogen (secondary N) is 1. The number of benzene rings is 1. The van der Waals surface area contributed by atoms with Gasteiger partial charge in [-0.3, -0.25) is 0 Å². The van der Waals surface area contributed by atoms with Crippen LogP contribution >= 0.6 is 15.9 Å². The second-order valence-electron chi connectivity index (χ2n) is 4.30. The highest BCUT2D eigenvalue weighted by Gasteiger charge is 2.04. The molecule has 17 heavy (non-hydrogen) atoms. The standard InChI is InChI=1S/C14H16BrNO/c1-9-4-5-17-13(9)8-16-12-6-10(2)14(15)11(3)7-12/h4-7,16H,8H2,1-3H3. The third-order valence-corrected chi connectivity index (χ3v) is 4.11. The predicted molar refractivity (Wildman–Crippen MR) is 74.4 cm³/mol. The van der Waals surface area contributed by atoms with E-state index in [0.717, 1.165) is 18.0 Å². The van der Waals surface area contributed by atoms with Crippen molar-refractivity contribution in [3.8, 4) is 0 Å².